The van der Waals surface area contributed by atoms with Crippen LogP contribution in [0, 0.1) is 27.0 Å². The van der Waals surface area contributed by atoms with E-state index >= 15 is 0 Å². The lowest BCUT2D eigenvalue weighted by Crippen LogP contribution is -2.44. The monoisotopic (exact) mass is 1890 g/mol. The van der Waals surface area contributed by atoms with Gasteiger partial charge in [-0.3, -0.25) is 86.0 Å². The fourth-order valence-electron chi connectivity index (χ4n) is 11.0. The molecular formula is C86H166N40O8. The first-order valence-electron chi connectivity index (χ1n) is 45.6. The molecule has 758 valence electrons. The summed E-state index contributed by atoms with van der Waals surface area (Å²) in [6.45, 7) is 69.6. The Labute approximate surface area is 793 Å². The minimum atomic E-state index is -1.15. The lowest BCUT2D eigenvalue weighted by molar-refractivity contribution is -0.138. The Balaban J connectivity index is 0.000000777. The number of azo groups is 7. The second-order valence-electron chi connectivity index (χ2n) is 39.5. The molecule has 2 fully saturated rings. The van der Waals surface area contributed by atoms with E-state index in [9.17, 15) is 19.2 Å². The molecule has 0 aromatic carbocycles. The maximum atomic E-state index is 11.8. The second kappa shape index (κ2) is 53.1. The lowest BCUT2D eigenvalue weighted by atomic mass is 10.0. The van der Waals surface area contributed by atoms with E-state index in [-0.39, 0.29) is 61.8 Å². The molecule has 8 heterocycles. The van der Waals surface area contributed by atoms with Crippen LogP contribution >= 0.6 is 0 Å². The average molecular weight is 1890 g/mol. The Morgan fingerprint density at radius 2 is 0.597 bits per heavy atom. The quantitative estimate of drug-likeness (QED) is 0.0121. The first kappa shape index (κ1) is 121. The number of rotatable bonds is 36. The first-order valence-corrected chi connectivity index (χ1v) is 45.6. The summed E-state index contributed by atoms with van der Waals surface area (Å²) in [4.78, 5) is 82.7. The summed E-state index contributed by atoms with van der Waals surface area (Å²) in [6.07, 6.45) is 4.75. The van der Waals surface area contributed by atoms with Gasteiger partial charge in [-0.1, -0.05) is 6.92 Å². The van der Waals surface area contributed by atoms with Crippen molar-refractivity contribution >= 4 is 93.8 Å². The van der Waals surface area contributed by atoms with E-state index < -0.39 is 95.4 Å². The Morgan fingerprint density at radius 1 is 0.366 bits per heavy atom. The molecule has 0 spiro atoms. The molecule has 2 amide bonds. The van der Waals surface area contributed by atoms with Crippen molar-refractivity contribution in [1.82, 2.24) is 52.5 Å². The lowest BCUT2D eigenvalue weighted by Gasteiger charge is -2.31. The molecule has 8 rings (SSSR count). The molecule has 0 bridgehead atoms. The number of aliphatic carboxylic acids is 2. The van der Waals surface area contributed by atoms with Crippen LogP contribution in [0.1, 0.15) is 246 Å². The number of carboxylic acid groups (broad SMARTS) is 2. The second-order valence-corrected chi connectivity index (χ2v) is 39.5. The highest BCUT2D eigenvalue weighted by atomic mass is 16.6. The topological polar surface area (TPSA) is 724 Å². The number of aliphatic hydroxyl groups is 1. The van der Waals surface area contributed by atoms with Crippen molar-refractivity contribution in [2.75, 3.05) is 131 Å². The van der Waals surface area contributed by atoms with Crippen molar-refractivity contribution in [2.24, 2.45) is 129 Å². The Kier molecular flexibility index (Phi) is 47.8. The third kappa shape index (κ3) is 42.5. The zero-order valence-electron chi connectivity index (χ0n) is 85.9. The van der Waals surface area contributed by atoms with E-state index in [0.717, 1.165) is 165 Å². The molecular weight excluding hydrogens is 1720 g/mol. The summed E-state index contributed by atoms with van der Waals surface area (Å²) in [5.74, 6) is 4.04. The first-order chi connectivity index (χ1) is 61.5. The zero-order valence-corrected chi connectivity index (χ0v) is 85.9. The van der Waals surface area contributed by atoms with Gasteiger partial charge in [0.15, 0.2) is 11.1 Å². The normalized spacial score (nSPS) is 17.1. The van der Waals surface area contributed by atoms with Crippen molar-refractivity contribution in [3.63, 3.8) is 0 Å². The highest BCUT2D eigenvalue weighted by molar-refractivity contribution is 5.97. The predicted molar refractivity (Wildman–Crippen MR) is 532 cm³/mol. The highest BCUT2D eigenvalue weighted by Gasteiger charge is 2.39. The number of carbonyl (C=O) groups excluding carboxylic acids is 2. The number of nitrogens with one attached hydrogen (secondary N) is 13. The van der Waals surface area contributed by atoms with Gasteiger partial charge in [0.1, 0.15) is 136 Å². The molecule has 2 saturated heterocycles. The van der Waals surface area contributed by atoms with Crippen LogP contribution in [0.5, 0.6) is 0 Å². The third-order valence-electron chi connectivity index (χ3n) is 20.7. The van der Waals surface area contributed by atoms with Crippen molar-refractivity contribution in [1.29, 1.82) is 27.0 Å². The summed E-state index contributed by atoms with van der Waals surface area (Å²) in [5, 5.41) is 145. The molecule has 0 aliphatic carbocycles. The van der Waals surface area contributed by atoms with Crippen molar-refractivity contribution < 1.29 is 39.3 Å². The van der Waals surface area contributed by atoms with E-state index in [1.165, 1.54) is 0 Å². The molecule has 8 aliphatic rings. The maximum absolute atomic E-state index is 11.8. The van der Waals surface area contributed by atoms with E-state index in [2.05, 4.69) is 159 Å². The van der Waals surface area contributed by atoms with Crippen LogP contribution in [-0.2, 0) is 24.0 Å². The van der Waals surface area contributed by atoms with Crippen LogP contribution in [-0.4, -0.2) is 327 Å². The predicted octanol–water partition coefficient (Wildman–Crippen LogP) is 8.42. The number of aliphatic imine (C=N–C) groups is 7. The Hall–Kier alpha value is -11.4. The van der Waals surface area contributed by atoms with Gasteiger partial charge in [0.25, 0.3) is 5.91 Å². The molecule has 0 atom stereocenters. The number of amides is 2. The average Bonchev–Trinajstić information content (AvgIpc) is 1.50. The number of nitrogens with two attached hydrogens (primary N) is 4. The van der Waals surface area contributed by atoms with Crippen LogP contribution in [0.25, 0.3) is 0 Å². The summed E-state index contributed by atoms with van der Waals surface area (Å²) < 4.78 is 0. The number of carbonyl (C=O) groups is 4. The van der Waals surface area contributed by atoms with E-state index in [1.54, 1.807) is 96.9 Å². The van der Waals surface area contributed by atoms with Crippen LogP contribution in [0.4, 0.5) is 0 Å². The summed E-state index contributed by atoms with van der Waals surface area (Å²) in [6, 6.07) is 0. The van der Waals surface area contributed by atoms with E-state index in [4.69, 9.17) is 70.1 Å². The molecule has 48 heteroatoms. The van der Waals surface area contributed by atoms with Gasteiger partial charge in [-0.2, -0.15) is 71.6 Å². The van der Waals surface area contributed by atoms with E-state index in [1.807, 2.05) is 111 Å². The highest BCUT2D eigenvalue weighted by Crippen LogP contribution is 2.28. The minimum absolute atomic E-state index is 0.0689. The van der Waals surface area contributed by atoms with Gasteiger partial charge in [-0.25, -0.2) is 5.48 Å². The van der Waals surface area contributed by atoms with Gasteiger partial charge < -0.3 is 85.3 Å². The number of likely N-dealkylation sites (tertiary alicyclic amines) is 2. The summed E-state index contributed by atoms with van der Waals surface area (Å²) >= 11 is 0. The largest absolute Gasteiger partial charge is 0.481 e. The number of hydrogen-bond donors (Lipinski definition) is 20. The maximum Gasteiger partial charge on any atom is 0.305 e. The number of carboxylic acids is 2. The molecule has 0 saturated carbocycles. The molecule has 0 aromatic heterocycles. The number of hydrogen-bond acceptors (Lipinski definition) is 38. The third-order valence-corrected chi connectivity index (χ3v) is 20.7. The molecule has 134 heavy (non-hydrogen) atoms. The molecule has 48 nitrogen and oxygen atoms in total. The summed E-state index contributed by atoms with van der Waals surface area (Å²) in [5.41, 5.74) is 14.7. The number of nitrogens with zero attached hydrogens (tertiary/aromatic N) is 23. The van der Waals surface area contributed by atoms with Gasteiger partial charge >= 0.3 is 11.9 Å². The van der Waals surface area contributed by atoms with Crippen molar-refractivity contribution in [3.05, 3.63) is 0 Å². The number of aliphatic hydroxyl groups excluding tert-OH is 1. The Bertz CT molecular complexity index is 3940. The fourth-order valence-corrected chi connectivity index (χ4v) is 11.0. The van der Waals surface area contributed by atoms with Gasteiger partial charge in [0.05, 0.1) is 65.4 Å². The molecule has 0 aromatic rings. The molecule has 8 aliphatic heterocycles. The van der Waals surface area contributed by atoms with Crippen molar-refractivity contribution in [2.45, 2.75) is 324 Å². The standard InChI is InChI=1S/C16H30N6.3C12H22N6.C12H24N4O4.C11H22N6O2.C8H18N6.C3H6O2/c1-15(2,13(17)21-9-5-6-10-21)19-20-16(3,4)14(18)22-11-7-8-12-22;3*1-11(2,9-13-5-6-14-9)17-18-12(3,4)10-15-7-8-16-10;1-6-20-14-10(19)12(4,5)16-15-11(2,3)9(18)13-7-8-17;1-10(2,8(12)13)16-17-11(3,4)9(14)15-6-5-7(18)19;1-7(2,5(9)10)13-14-8(3,4)6(11)12;1-2-3(4)5/h17-18H,5-12H2,1-4H3;3*5-8H2,1-4H3,(H,13,14)(H,15,16);17H,6-8H2,1-5H3,(H,13,18)(H,14,19);5-6H2,1-4H3,(H3,12,13)(H2,14,15)(H,18,19);1-4H3,(H3,9,10)(H3,11,12);2H2,1H3,(H,4,5). The molecule has 0 unspecified atom stereocenters. The zero-order chi connectivity index (χ0) is 103. The van der Waals surface area contributed by atoms with Gasteiger partial charge in [-0.05, 0) is 226 Å². The Morgan fingerprint density at radius 3 is 0.806 bits per heavy atom. The fraction of sp³-hybridized carbons (Fsp3) is 0.814. The molecule has 0 radical (unpaired) electrons. The SMILES string of the molecule is CC(C)(N=NC(C)(C)C(=N)N)C(=N)N.CC(C)(N=NC(C)(C)C(=N)N1CCCC1)C(=N)N1CCCC1.CC(C)(N=NC(C)(C)C(N)=NCCC(=O)O)C(=N)N.CC(C)(N=NC(C)(C)C1=NCCN1)C1=NCCN1.CC(C)(N=NC(C)(C)C1=NCCN1)C1=NCCN1.CC(C)(N=NC(C)(C)C1=NCCN1)C1=NCCN1.CCC(=O)O.CCONC(=O)C(C)(C)N=NC(C)(C)C(=O)NCCO. The van der Waals surface area contributed by atoms with Crippen LogP contribution in [0.3, 0.4) is 0 Å². The van der Waals surface area contributed by atoms with Crippen LogP contribution < -0.4 is 65.6 Å². The van der Waals surface area contributed by atoms with Crippen molar-refractivity contribution in [3.8, 4) is 0 Å². The number of hydroxylamine groups is 1. The van der Waals surface area contributed by atoms with Gasteiger partial charge in [0.2, 0.25) is 5.91 Å². The smallest absolute Gasteiger partial charge is 0.305 e. The van der Waals surface area contributed by atoms with E-state index in [0.29, 0.717) is 18.3 Å². The van der Waals surface area contributed by atoms with Crippen LogP contribution in [0.2, 0.25) is 0 Å². The van der Waals surface area contributed by atoms with Crippen LogP contribution in [0.15, 0.2) is 107 Å². The summed E-state index contributed by atoms with van der Waals surface area (Å²) in [7, 11) is 0. The molecule has 24 N–H and O–H groups in total. The van der Waals surface area contributed by atoms with Gasteiger partial charge in [-0.15, -0.1) is 0 Å². The minimum Gasteiger partial charge on any atom is -0.481 e. The van der Waals surface area contributed by atoms with Gasteiger partial charge in [0, 0.05) is 78.4 Å². The number of amidine groups is 12.